The lowest BCUT2D eigenvalue weighted by atomic mass is 10.1. The molecule has 0 fully saturated rings. The van der Waals surface area contributed by atoms with Crippen molar-refractivity contribution in [3.8, 4) is 0 Å². The van der Waals surface area contributed by atoms with Crippen LogP contribution in [0, 0.1) is 6.92 Å². The Hall–Kier alpha value is -1.50. The highest BCUT2D eigenvalue weighted by atomic mass is 14.6. The predicted molar refractivity (Wildman–Crippen MR) is 61.6 cm³/mol. The van der Waals surface area contributed by atoms with E-state index in [1.165, 1.54) is 5.56 Å². The third-order valence-corrected chi connectivity index (χ3v) is 1.69. The van der Waals surface area contributed by atoms with Crippen LogP contribution in [0.5, 0.6) is 0 Å². The molecule has 0 aliphatic heterocycles. The highest BCUT2D eigenvalue weighted by molar-refractivity contribution is 5.67. The smallest absolute Gasteiger partial charge is 0.0390 e. The van der Waals surface area contributed by atoms with Crippen molar-refractivity contribution in [2.24, 2.45) is 0 Å². The maximum absolute atomic E-state index is 5.76. The third-order valence-electron chi connectivity index (χ3n) is 1.69. The SMILES string of the molecule is C/C=C\c1c(C)cccc1N.C=C. The van der Waals surface area contributed by atoms with Crippen molar-refractivity contribution in [3.05, 3.63) is 48.6 Å². The van der Waals surface area contributed by atoms with Crippen LogP contribution < -0.4 is 5.73 Å². The van der Waals surface area contributed by atoms with Gasteiger partial charge in [-0.25, -0.2) is 0 Å². The molecular weight excluding hydrogens is 158 g/mol. The molecule has 1 nitrogen and oxygen atoms in total. The van der Waals surface area contributed by atoms with Crippen molar-refractivity contribution in [3.63, 3.8) is 0 Å². The van der Waals surface area contributed by atoms with Crippen molar-refractivity contribution in [2.45, 2.75) is 13.8 Å². The minimum absolute atomic E-state index is 0.850. The number of aryl methyl sites for hydroxylation is 1. The predicted octanol–water partition coefficient (Wildman–Crippen LogP) is 3.41. The zero-order chi connectivity index (χ0) is 10.3. The number of nitrogens with two attached hydrogens (primary N) is 1. The van der Waals surface area contributed by atoms with Crippen LogP contribution in [0.4, 0.5) is 5.69 Å². The molecule has 13 heavy (non-hydrogen) atoms. The van der Waals surface area contributed by atoms with Gasteiger partial charge >= 0.3 is 0 Å². The fourth-order valence-electron chi connectivity index (χ4n) is 1.10. The summed E-state index contributed by atoms with van der Waals surface area (Å²) in [5, 5.41) is 0. The number of hydrogen-bond acceptors (Lipinski definition) is 1. The van der Waals surface area contributed by atoms with Gasteiger partial charge in [-0.05, 0) is 31.0 Å². The van der Waals surface area contributed by atoms with E-state index in [1.54, 1.807) is 0 Å². The van der Waals surface area contributed by atoms with Crippen molar-refractivity contribution >= 4 is 11.8 Å². The molecule has 0 aliphatic carbocycles. The van der Waals surface area contributed by atoms with Gasteiger partial charge in [0.1, 0.15) is 0 Å². The average molecular weight is 175 g/mol. The molecule has 0 spiro atoms. The Morgan fingerprint density at radius 2 is 1.92 bits per heavy atom. The Morgan fingerprint density at radius 3 is 2.38 bits per heavy atom. The molecule has 0 aliphatic rings. The topological polar surface area (TPSA) is 26.0 Å². The lowest BCUT2D eigenvalue weighted by Gasteiger charge is -2.02. The molecular formula is C12H17N. The summed E-state index contributed by atoms with van der Waals surface area (Å²) in [4.78, 5) is 0. The van der Waals surface area contributed by atoms with Gasteiger partial charge in [-0.15, -0.1) is 13.2 Å². The van der Waals surface area contributed by atoms with Crippen molar-refractivity contribution in [1.29, 1.82) is 0 Å². The maximum Gasteiger partial charge on any atom is 0.0390 e. The Morgan fingerprint density at radius 1 is 1.31 bits per heavy atom. The zero-order valence-corrected chi connectivity index (χ0v) is 8.38. The molecule has 1 aromatic rings. The van der Waals surface area contributed by atoms with E-state index < -0.39 is 0 Å². The summed E-state index contributed by atoms with van der Waals surface area (Å²) in [6.07, 6.45) is 4.03. The minimum Gasteiger partial charge on any atom is -0.398 e. The lowest BCUT2D eigenvalue weighted by molar-refractivity contribution is 1.44. The molecule has 0 aromatic heterocycles. The van der Waals surface area contributed by atoms with Crippen LogP contribution in [-0.4, -0.2) is 0 Å². The number of benzene rings is 1. The molecule has 0 amide bonds. The Kier molecular flexibility index (Phi) is 5.37. The van der Waals surface area contributed by atoms with E-state index in [9.17, 15) is 0 Å². The molecule has 2 N–H and O–H groups in total. The number of rotatable bonds is 1. The Balaban J connectivity index is 0.000000671. The molecule has 1 rings (SSSR count). The zero-order valence-electron chi connectivity index (χ0n) is 8.38. The van der Waals surface area contributed by atoms with E-state index in [0.717, 1.165) is 11.3 Å². The average Bonchev–Trinajstić information content (AvgIpc) is 2.15. The first-order valence-electron chi connectivity index (χ1n) is 4.23. The Labute approximate surface area is 80.6 Å². The minimum atomic E-state index is 0.850. The normalized spacial score (nSPS) is 9.38. The van der Waals surface area contributed by atoms with E-state index in [4.69, 9.17) is 5.73 Å². The van der Waals surface area contributed by atoms with Gasteiger partial charge < -0.3 is 5.73 Å². The van der Waals surface area contributed by atoms with Crippen molar-refractivity contribution in [2.75, 3.05) is 5.73 Å². The van der Waals surface area contributed by atoms with Crippen LogP contribution >= 0.6 is 0 Å². The molecule has 0 atom stereocenters. The first-order valence-corrected chi connectivity index (χ1v) is 4.23. The monoisotopic (exact) mass is 175 g/mol. The van der Waals surface area contributed by atoms with Gasteiger partial charge in [0.25, 0.3) is 0 Å². The summed E-state index contributed by atoms with van der Waals surface area (Å²) in [5.41, 5.74) is 8.97. The molecule has 0 radical (unpaired) electrons. The van der Waals surface area contributed by atoms with Gasteiger partial charge in [0.15, 0.2) is 0 Å². The number of nitrogen functional groups attached to an aromatic ring is 1. The van der Waals surface area contributed by atoms with Crippen LogP contribution in [0.3, 0.4) is 0 Å². The number of allylic oxidation sites excluding steroid dienone is 1. The quantitative estimate of drug-likeness (QED) is 0.513. The van der Waals surface area contributed by atoms with E-state index in [-0.39, 0.29) is 0 Å². The van der Waals surface area contributed by atoms with Gasteiger partial charge in [-0.3, -0.25) is 0 Å². The Bertz CT molecular complexity index is 267. The largest absolute Gasteiger partial charge is 0.398 e. The molecule has 1 aromatic carbocycles. The lowest BCUT2D eigenvalue weighted by Crippen LogP contribution is -1.90. The molecule has 0 unspecified atom stereocenters. The second-order valence-electron chi connectivity index (χ2n) is 2.58. The van der Waals surface area contributed by atoms with Gasteiger partial charge in [0, 0.05) is 5.69 Å². The van der Waals surface area contributed by atoms with Crippen LogP contribution in [0.1, 0.15) is 18.1 Å². The molecule has 1 heteroatoms. The van der Waals surface area contributed by atoms with E-state index in [1.807, 2.05) is 31.2 Å². The summed E-state index contributed by atoms with van der Waals surface area (Å²) in [7, 11) is 0. The van der Waals surface area contributed by atoms with Crippen LogP contribution in [-0.2, 0) is 0 Å². The summed E-state index contributed by atoms with van der Waals surface area (Å²) in [5.74, 6) is 0. The summed E-state index contributed by atoms with van der Waals surface area (Å²) >= 11 is 0. The highest BCUT2D eigenvalue weighted by Crippen LogP contribution is 2.17. The van der Waals surface area contributed by atoms with Crippen molar-refractivity contribution in [1.82, 2.24) is 0 Å². The maximum atomic E-state index is 5.76. The second kappa shape index (κ2) is 6.06. The summed E-state index contributed by atoms with van der Waals surface area (Å²) in [6, 6.07) is 5.95. The number of anilines is 1. The van der Waals surface area contributed by atoms with Crippen molar-refractivity contribution < 1.29 is 0 Å². The fraction of sp³-hybridized carbons (Fsp3) is 0.167. The van der Waals surface area contributed by atoms with Crippen LogP contribution in [0.2, 0.25) is 0 Å². The first-order chi connectivity index (χ1) is 6.25. The van der Waals surface area contributed by atoms with E-state index in [0.29, 0.717) is 0 Å². The fourth-order valence-corrected chi connectivity index (χ4v) is 1.10. The van der Waals surface area contributed by atoms with Crippen LogP contribution in [0.25, 0.3) is 6.08 Å². The van der Waals surface area contributed by atoms with Gasteiger partial charge in [-0.1, -0.05) is 24.3 Å². The second-order valence-corrected chi connectivity index (χ2v) is 2.58. The molecule has 0 heterocycles. The highest BCUT2D eigenvalue weighted by Gasteiger charge is 1.95. The standard InChI is InChI=1S/C10H13N.C2H4/c1-3-5-9-8(2)6-4-7-10(9)11;1-2/h3-7H,11H2,1-2H3;1-2H2/b5-3-;. The molecule has 0 saturated carbocycles. The van der Waals surface area contributed by atoms with E-state index in [2.05, 4.69) is 26.1 Å². The third kappa shape index (κ3) is 3.16. The van der Waals surface area contributed by atoms with Gasteiger partial charge in [-0.2, -0.15) is 0 Å². The molecule has 70 valence electrons. The number of hydrogen-bond donors (Lipinski definition) is 1. The molecule has 0 saturated heterocycles. The van der Waals surface area contributed by atoms with Gasteiger partial charge in [0.05, 0.1) is 0 Å². The van der Waals surface area contributed by atoms with Gasteiger partial charge in [0.2, 0.25) is 0 Å². The summed E-state index contributed by atoms with van der Waals surface area (Å²) < 4.78 is 0. The first kappa shape index (κ1) is 11.5. The van der Waals surface area contributed by atoms with Crippen LogP contribution in [0.15, 0.2) is 37.4 Å². The summed E-state index contributed by atoms with van der Waals surface area (Å²) in [6.45, 7) is 10.1. The van der Waals surface area contributed by atoms with E-state index >= 15 is 0 Å². The molecule has 0 bridgehead atoms.